The maximum atomic E-state index is 12.6. The second-order valence-corrected chi connectivity index (χ2v) is 8.68. The molecule has 0 aliphatic rings. The van der Waals surface area contributed by atoms with Crippen molar-refractivity contribution >= 4 is 56.5 Å². The fourth-order valence-electron chi connectivity index (χ4n) is 3.03. The number of fused-ring (bicyclic) bond motifs is 1. The molecule has 2 aromatic carbocycles. The van der Waals surface area contributed by atoms with Crippen LogP contribution in [0, 0.1) is 0 Å². The van der Waals surface area contributed by atoms with Crippen LogP contribution in [-0.4, -0.2) is 35.8 Å². The minimum atomic E-state index is -0.174. The number of thiophene rings is 1. The summed E-state index contributed by atoms with van der Waals surface area (Å²) >= 11 is 8.93. The number of ether oxygens (including phenoxy) is 2. The molecule has 1 amide bonds. The van der Waals surface area contributed by atoms with Gasteiger partial charge in [-0.1, -0.05) is 35.5 Å². The van der Waals surface area contributed by atoms with Gasteiger partial charge in [-0.2, -0.15) is 0 Å². The van der Waals surface area contributed by atoms with E-state index in [1.54, 1.807) is 43.8 Å². The van der Waals surface area contributed by atoms with E-state index < -0.39 is 0 Å². The van der Waals surface area contributed by atoms with Gasteiger partial charge in [-0.3, -0.25) is 4.79 Å². The van der Waals surface area contributed by atoms with Crippen LogP contribution >= 0.6 is 34.7 Å². The second-order valence-electron chi connectivity index (χ2n) is 6.42. The number of anilines is 1. The maximum absolute atomic E-state index is 12.6. The van der Waals surface area contributed by atoms with Gasteiger partial charge in [-0.05, 0) is 29.8 Å². The number of amides is 1. The molecule has 0 bridgehead atoms. The van der Waals surface area contributed by atoms with Crippen molar-refractivity contribution in [3.8, 4) is 22.6 Å². The first kappa shape index (κ1) is 21.4. The van der Waals surface area contributed by atoms with Gasteiger partial charge in [0.25, 0.3) is 0 Å². The lowest BCUT2D eigenvalue weighted by Gasteiger charge is -2.12. The molecule has 2 heterocycles. The van der Waals surface area contributed by atoms with Crippen LogP contribution in [0.1, 0.15) is 0 Å². The quantitative estimate of drug-likeness (QED) is 0.273. The number of carbonyl (C=O) groups excluding carboxylic acids is 1. The topological polar surface area (TPSA) is 73.3 Å². The molecule has 0 atom stereocenters. The van der Waals surface area contributed by atoms with Crippen LogP contribution in [0.15, 0.2) is 59.2 Å². The molecule has 0 radical (unpaired) electrons. The first-order valence-corrected chi connectivity index (χ1v) is 11.5. The molecule has 6 nitrogen and oxygen atoms in total. The molecule has 0 unspecified atom stereocenters. The first-order chi connectivity index (χ1) is 15.1. The predicted molar refractivity (Wildman–Crippen MR) is 127 cm³/mol. The van der Waals surface area contributed by atoms with Gasteiger partial charge >= 0.3 is 0 Å². The summed E-state index contributed by atoms with van der Waals surface area (Å²) in [5, 5.41) is 7.30. The Bertz CT molecular complexity index is 1230. The van der Waals surface area contributed by atoms with E-state index in [0.29, 0.717) is 22.2 Å². The Balaban J connectivity index is 1.55. The summed E-state index contributed by atoms with van der Waals surface area (Å²) in [4.78, 5) is 22.3. The van der Waals surface area contributed by atoms with E-state index in [9.17, 15) is 4.79 Å². The van der Waals surface area contributed by atoms with Crippen molar-refractivity contribution in [2.24, 2.45) is 0 Å². The molecule has 0 saturated carbocycles. The zero-order valence-electron chi connectivity index (χ0n) is 16.7. The van der Waals surface area contributed by atoms with E-state index in [-0.39, 0.29) is 11.7 Å². The van der Waals surface area contributed by atoms with Gasteiger partial charge in [0, 0.05) is 22.0 Å². The summed E-state index contributed by atoms with van der Waals surface area (Å²) in [5.74, 6) is 1.20. The lowest BCUT2D eigenvalue weighted by atomic mass is 10.1. The zero-order chi connectivity index (χ0) is 21.8. The SMILES string of the molecule is COc1ccc(OC)c(NC(=O)CSc2ncnc3scc(-c4ccc(Cl)cc4)c23)c1. The average Bonchev–Trinajstić information content (AvgIpc) is 3.23. The number of halogens is 1. The van der Waals surface area contributed by atoms with Gasteiger partial charge in [0.2, 0.25) is 5.91 Å². The third-order valence-corrected chi connectivity index (χ3v) is 6.64. The van der Waals surface area contributed by atoms with E-state index in [2.05, 4.69) is 15.3 Å². The number of hydrogen-bond acceptors (Lipinski definition) is 7. The van der Waals surface area contributed by atoms with Crippen LogP contribution in [0.2, 0.25) is 5.02 Å². The summed E-state index contributed by atoms with van der Waals surface area (Å²) < 4.78 is 10.6. The van der Waals surface area contributed by atoms with Crippen molar-refractivity contribution in [1.29, 1.82) is 0 Å². The van der Waals surface area contributed by atoms with Gasteiger partial charge in [-0.25, -0.2) is 9.97 Å². The molecular formula is C22H18ClN3O3S2. The molecule has 158 valence electrons. The molecule has 2 aromatic heterocycles. The molecule has 0 fully saturated rings. The van der Waals surface area contributed by atoms with Crippen LogP contribution in [0.25, 0.3) is 21.3 Å². The molecule has 4 aromatic rings. The molecule has 0 spiro atoms. The number of aromatic nitrogens is 2. The van der Waals surface area contributed by atoms with Gasteiger partial charge in [0.05, 0.1) is 31.0 Å². The van der Waals surface area contributed by atoms with Crippen LogP contribution < -0.4 is 14.8 Å². The van der Waals surface area contributed by atoms with E-state index in [1.807, 2.05) is 29.6 Å². The largest absolute Gasteiger partial charge is 0.497 e. The summed E-state index contributed by atoms with van der Waals surface area (Å²) in [5.41, 5.74) is 2.60. The molecule has 0 saturated heterocycles. The van der Waals surface area contributed by atoms with E-state index >= 15 is 0 Å². The molecule has 0 aliphatic heterocycles. The minimum absolute atomic E-state index is 0.174. The highest BCUT2D eigenvalue weighted by atomic mass is 35.5. The first-order valence-electron chi connectivity index (χ1n) is 9.22. The molecule has 31 heavy (non-hydrogen) atoms. The lowest BCUT2D eigenvalue weighted by Crippen LogP contribution is -2.15. The van der Waals surface area contributed by atoms with Crippen molar-refractivity contribution in [3.05, 3.63) is 59.2 Å². The zero-order valence-corrected chi connectivity index (χ0v) is 19.1. The molecule has 4 rings (SSSR count). The Labute approximate surface area is 192 Å². The monoisotopic (exact) mass is 471 g/mol. The van der Waals surface area contributed by atoms with Crippen molar-refractivity contribution in [2.45, 2.75) is 5.03 Å². The summed E-state index contributed by atoms with van der Waals surface area (Å²) in [6, 6.07) is 12.9. The van der Waals surface area contributed by atoms with Crippen molar-refractivity contribution in [3.63, 3.8) is 0 Å². The Morgan fingerprint density at radius 3 is 2.68 bits per heavy atom. The molecular weight excluding hydrogens is 454 g/mol. The van der Waals surface area contributed by atoms with E-state index in [4.69, 9.17) is 21.1 Å². The van der Waals surface area contributed by atoms with E-state index in [0.717, 1.165) is 26.4 Å². The minimum Gasteiger partial charge on any atom is -0.497 e. The number of nitrogens with zero attached hydrogens (tertiary/aromatic N) is 2. The molecule has 0 aliphatic carbocycles. The number of carbonyl (C=O) groups is 1. The Hall–Kier alpha value is -2.81. The maximum Gasteiger partial charge on any atom is 0.234 e. The van der Waals surface area contributed by atoms with Crippen molar-refractivity contribution in [2.75, 3.05) is 25.3 Å². The third-order valence-electron chi connectivity index (χ3n) is 4.51. The number of benzene rings is 2. The van der Waals surface area contributed by atoms with Crippen LogP contribution in [0.5, 0.6) is 11.5 Å². The molecule has 9 heteroatoms. The fraction of sp³-hybridized carbons (Fsp3) is 0.136. The molecule has 1 N–H and O–H groups in total. The van der Waals surface area contributed by atoms with Crippen molar-refractivity contribution < 1.29 is 14.3 Å². The lowest BCUT2D eigenvalue weighted by molar-refractivity contribution is -0.113. The smallest absolute Gasteiger partial charge is 0.234 e. The van der Waals surface area contributed by atoms with Gasteiger partial charge in [0.15, 0.2) is 0 Å². The van der Waals surface area contributed by atoms with E-state index in [1.165, 1.54) is 18.1 Å². The number of hydrogen-bond donors (Lipinski definition) is 1. The number of nitrogens with one attached hydrogen (secondary N) is 1. The second kappa shape index (κ2) is 9.55. The Morgan fingerprint density at radius 1 is 1.13 bits per heavy atom. The standard InChI is InChI=1S/C22H18ClN3O3S2/c1-28-15-7-8-18(29-2)17(9-15)26-19(27)11-31-22-20-16(10-30-21(20)24-12-25-22)13-3-5-14(23)6-4-13/h3-10,12H,11H2,1-2H3,(H,26,27). The summed E-state index contributed by atoms with van der Waals surface area (Å²) in [6.07, 6.45) is 1.52. The Morgan fingerprint density at radius 2 is 1.94 bits per heavy atom. The Kier molecular flexibility index (Phi) is 6.60. The van der Waals surface area contributed by atoms with Crippen molar-refractivity contribution in [1.82, 2.24) is 9.97 Å². The van der Waals surface area contributed by atoms with Crippen LogP contribution in [0.4, 0.5) is 5.69 Å². The highest BCUT2D eigenvalue weighted by Gasteiger charge is 2.16. The number of thioether (sulfide) groups is 1. The average molecular weight is 472 g/mol. The predicted octanol–water partition coefficient (Wildman–Crippen LogP) is 5.76. The summed E-state index contributed by atoms with van der Waals surface area (Å²) in [7, 11) is 3.13. The fourth-order valence-corrected chi connectivity index (χ4v) is 4.95. The number of rotatable bonds is 7. The summed E-state index contributed by atoms with van der Waals surface area (Å²) in [6.45, 7) is 0. The van der Waals surface area contributed by atoms with Gasteiger partial charge < -0.3 is 14.8 Å². The van der Waals surface area contributed by atoms with Gasteiger partial charge in [0.1, 0.15) is 27.7 Å². The third kappa shape index (κ3) is 4.76. The highest BCUT2D eigenvalue weighted by molar-refractivity contribution is 8.00. The normalized spacial score (nSPS) is 10.8. The van der Waals surface area contributed by atoms with Gasteiger partial charge in [-0.15, -0.1) is 11.3 Å². The highest BCUT2D eigenvalue weighted by Crippen LogP contribution is 2.38. The van der Waals surface area contributed by atoms with Crippen LogP contribution in [-0.2, 0) is 4.79 Å². The number of methoxy groups -OCH3 is 2. The van der Waals surface area contributed by atoms with Crippen LogP contribution in [0.3, 0.4) is 0 Å².